The van der Waals surface area contributed by atoms with Crippen molar-refractivity contribution in [2.24, 2.45) is 0 Å². The Hall–Kier alpha value is -2.62. The van der Waals surface area contributed by atoms with Crippen LogP contribution in [-0.2, 0) is 4.74 Å². The van der Waals surface area contributed by atoms with Crippen LogP contribution in [0.25, 0.3) is 16.5 Å². The Kier molecular flexibility index (Phi) is 5.75. The van der Waals surface area contributed by atoms with E-state index in [1.165, 1.54) is 0 Å². The van der Waals surface area contributed by atoms with E-state index in [0.29, 0.717) is 23.8 Å². The van der Waals surface area contributed by atoms with Crippen molar-refractivity contribution >= 4 is 17.2 Å². The Morgan fingerprint density at radius 3 is 2.96 bits per heavy atom. The van der Waals surface area contributed by atoms with Crippen molar-refractivity contribution in [3.8, 4) is 16.5 Å². The molecule has 1 aliphatic heterocycles. The first-order valence-corrected chi connectivity index (χ1v) is 10.1. The number of nitrogens with one attached hydrogen (secondary N) is 1. The van der Waals surface area contributed by atoms with E-state index in [4.69, 9.17) is 4.74 Å². The van der Waals surface area contributed by atoms with Crippen LogP contribution in [0, 0.1) is 6.92 Å². The van der Waals surface area contributed by atoms with Crippen molar-refractivity contribution in [3.63, 3.8) is 0 Å². The van der Waals surface area contributed by atoms with E-state index in [-0.39, 0.29) is 5.91 Å². The van der Waals surface area contributed by atoms with Gasteiger partial charge in [-0.25, -0.2) is 14.6 Å². The molecule has 1 fully saturated rings. The van der Waals surface area contributed by atoms with Crippen molar-refractivity contribution < 1.29 is 9.53 Å². The van der Waals surface area contributed by atoms with Gasteiger partial charge in [-0.3, -0.25) is 9.69 Å². The first kappa shape index (κ1) is 18.7. The molecule has 1 N–H and O–H groups in total. The molecule has 3 aromatic rings. The molecule has 0 saturated carbocycles. The molecule has 1 saturated heterocycles. The molecule has 28 heavy (non-hydrogen) atoms. The van der Waals surface area contributed by atoms with Gasteiger partial charge in [0.1, 0.15) is 0 Å². The fourth-order valence-electron chi connectivity index (χ4n) is 3.09. The zero-order chi connectivity index (χ0) is 19.3. The lowest BCUT2D eigenvalue weighted by Crippen LogP contribution is -2.41. The van der Waals surface area contributed by atoms with Crippen LogP contribution < -0.4 is 5.32 Å². The van der Waals surface area contributed by atoms with E-state index in [1.807, 2.05) is 30.5 Å². The number of thiophene rings is 1. The minimum Gasteiger partial charge on any atom is -0.379 e. The fraction of sp³-hybridized carbons (Fsp3) is 0.368. The maximum absolute atomic E-state index is 12.6. The number of carbonyl (C=O) groups excluding carboxylic acids is 1. The number of rotatable bonds is 6. The minimum absolute atomic E-state index is 0.133. The number of aromatic nitrogens is 4. The maximum atomic E-state index is 12.6. The predicted octanol–water partition coefficient (Wildman–Crippen LogP) is 1.76. The number of hydrogen-bond acceptors (Lipinski definition) is 7. The summed E-state index contributed by atoms with van der Waals surface area (Å²) in [5, 5.41) is 9.32. The van der Waals surface area contributed by atoms with Gasteiger partial charge in [-0.15, -0.1) is 11.3 Å². The predicted molar refractivity (Wildman–Crippen MR) is 107 cm³/mol. The van der Waals surface area contributed by atoms with Gasteiger partial charge in [0.05, 0.1) is 41.2 Å². The van der Waals surface area contributed by atoms with Crippen LogP contribution in [0.3, 0.4) is 0 Å². The summed E-state index contributed by atoms with van der Waals surface area (Å²) in [6, 6.07) is 5.87. The quantitative estimate of drug-likeness (QED) is 0.681. The Morgan fingerprint density at radius 2 is 2.18 bits per heavy atom. The normalized spacial score (nSPS) is 14.9. The van der Waals surface area contributed by atoms with Gasteiger partial charge in [-0.2, -0.15) is 5.10 Å². The molecule has 0 atom stereocenters. The Bertz CT molecular complexity index is 934. The SMILES string of the molecule is Cc1c(C(=O)NCCN2CCOCC2)cnn1-c1nccc(-c2cccs2)n1. The third-order valence-corrected chi connectivity index (χ3v) is 5.57. The first-order valence-electron chi connectivity index (χ1n) is 9.22. The topological polar surface area (TPSA) is 85.2 Å². The van der Waals surface area contributed by atoms with E-state index in [2.05, 4.69) is 25.3 Å². The molecule has 0 bridgehead atoms. The van der Waals surface area contributed by atoms with Crippen molar-refractivity contribution in [3.05, 3.63) is 47.2 Å². The van der Waals surface area contributed by atoms with Gasteiger partial charge in [0.2, 0.25) is 0 Å². The Balaban J connectivity index is 1.44. The highest BCUT2D eigenvalue weighted by atomic mass is 32.1. The number of nitrogens with zero attached hydrogens (tertiary/aromatic N) is 5. The van der Waals surface area contributed by atoms with E-state index in [0.717, 1.165) is 43.4 Å². The second kappa shape index (κ2) is 8.59. The molecule has 0 aliphatic carbocycles. The second-order valence-corrected chi connectivity index (χ2v) is 7.43. The molecule has 0 radical (unpaired) electrons. The average molecular weight is 398 g/mol. The van der Waals surface area contributed by atoms with E-state index >= 15 is 0 Å². The molecule has 4 rings (SSSR count). The van der Waals surface area contributed by atoms with Crippen LogP contribution in [-0.4, -0.2) is 69.9 Å². The minimum atomic E-state index is -0.133. The molecular formula is C19H22N6O2S. The summed E-state index contributed by atoms with van der Waals surface area (Å²) in [5.74, 6) is 0.321. The summed E-state index contributed by atoms with van der Waals surface area (Å²) in [4.78, 5) is 24.8. The van der Waals surface area contributed by atoms with Crippen molar-refractivity contribution in [2.45, 2.75) is 6.92 Å². The second-order valence-electron chi connectivity index (χ2n) is 6.48. The third-order valence-electron chi connectivity index (χ3n) is 4.68. The molecule has 3 aromatic heterocycles. The zero-order valence-corrected chi connectivity index (χ0v) is 16.5. The molecule has 0 spiro atoms. The lowest BCUT2D eigenvalue weighted by Gasteiger charge is -2.26. The molecule has 8 nitrogen and oxygen atoms in total. The zero-order valence-electron chi connectivity index (χ0n) is 15.7. The molecular weight excluding hydrogens is 376 g/mol. The summed E-state index contributed by atoms with van der Waals surface area (Å²) in [5.41, 5.74) is 2.09. The van der Waals surface area contributed by atoms with Gasteiger partial charge in [0.25, 0.3) is 11.9 Å². The van der Waals surface area contributed by atoms with Crippen LogP contribution in [0.4, 0.5) is 0 Å². The van der Waals surface area contributed by atoms with Crippen LogP contribution >= 0.6 is 11.3 Å². The van der Waals surface area contributed by atoms with Crippen molar-refractivity contribution in [2.75, 3.05) is 39.4 Å². The molecule has 0 aromatic carbocycles. The monoisotopic (exact) mass is 398 g/mol. The van der Waals surface area contributed by atoms with Crippen molar-refractivity contribution in [1.82, 2.24) is 30.0 Å². The Morgan fingerprint density at radius 1 is 1.32 bits per heavy atom. The summed E-state index contributed by atoms with van der Waals surface area (Å²) >= 11 is 1.62. The maximum Gasteiger partial charge on any atom is 0.254 e. The smallest absolute Gasteiger partial charge is 0.254 e. The highest BCUT2D eigenvalue weighted by Crippen LogP contribution is 2.23. The van der Waals surface area contributed by atoms with E-state index in [9.17, 15) is 4.79 Å². The lowest BCUT2D eigenvalue weighted by atomic mass is 10.2. The molecule has 146 valence electrons. The molecule has 1 aliphatic rings. The molecule has 0 unspecified atom stereocenters. The Labute approximate surface area is 167 Å². The van der Waals surface area contributed by atoms with Gasteiger partial charge >= 0.3 is 0 Å². The van der Waals surface area contributed by atoms with Gasteiger partial charge in [0, 0.05) is 32.4 Å². The van der Waals surface area contributed by atoms with E-state index < -0.39 is 0 Å². The number of amides is 1. The first-order chi connectivity index (χ1) is 13.7. The van der Waals surface area contributed by atoms with Crippen LogP contribution in [0.1, 0.15) is 16.1 Å². The van der Waals surface area contributed by atoms with E-state index in [1.54, 1.807) is 28.4 Å². The number of morpholine rings is 1. The largest absolute Gasteiger partial charge is 0.379 e. The number of hydrogen-bond donors (Lipinski definition) is 1. The van der Waals surface area contributed by atoms with Gasteiger partial charge in [-0.05, 0) is 24.4 Å². The molecule has 9 heteroatoms. The van der Waals surface area contributed by atoms with Crippen LogP contribution in [0.5, 0.6) is 0 Å². The van der Waals surface area contributed by atoms with Crippen LogP contribution in [0.2, 0.25) is 0 Å². The highest BCUT2D eigenvalue weighted by molar-refractivity contribution is 7.13. The van der Waals surface area contributed by atoms with Crippen LogP contribution in [0.15, 0.2) is 36.0 Å². The number of ether oxygens (including phenoxy) is 1. The van der Waals surface area contributed by atoms with Gasteiger partial charge in [-0.1, -0.05) is 6.07 Å². The average Bonchev–Trinajstić information content (AvgIpc) is 3.39. The fourth-order valence-corrected chi connectivity index (χ4v) is 3.79. The summed E-state index contributed by atoms with van der Waals surface area (Å²) in [6.07, 6.45) is 3.28. The summed E-state index contributed by atoms with van der Waals surface area (Å²) in [6.45, 7) is 6.58. The third kappa shape index (κ3) is 4.11. The standard InChI is InChI=1S/C19H22N6O2S/c1-14-15(18(26)20-6-7-24-8-10-27-11-9-24)13-22-25(14)19-21-5-4-16(23-19)17-3-2-12-28-17/h2-5,12-13H,6-11H2,1H3,(H,20,26). The van der Waals surface area contributed by atoms with Gasteiger partial charge < -0.3 is 10.1 Å². The molecule has 1 amide bonds. The molecule has 4 heterocycles. The van der Waals surface area contributed by atoms with Gasteiger partial charge in [0.15, 0.2) is 0 Å². The lowest BCUT2D eigenvalue weighted by molar-refractivity contribution is 0.0383. The number of carbonyl (C=O) groups is 1. The summed E-state index contributed by atoms with van der Waals surface area (Å²) < 4.78 is 6.94. The summed E-state index contributed by atoms with van der Waals surface area (Å²) in [7, 11) is 0. The highest BCUT2D eigenvalue weighted by Gasteiger charge is 2.17. The van der Waals surface area contributed by atoms with Crippen molar-refractivity contribution in [1.29, 1.82) is 0 Å².